The summed E-state index contributed by atoms with van der Waals surface area (Å²) >= 11 is 0. The van der Waals surface area contributed by atoms with Crippen LogP contribution < -0.4 is 10.1 Å². The van der Waals surface area contributed by atoms with Gasteiger partial charge in [0.1, 0.15) is 11.6 Å². The maximum Gasteiger partial charge on any atom is 0.126 e. The summed E-state index contributed by atoms with van der Waals surface area (Å²) in [6, 6.07) is 4.83. The summed E-state index contributed by atoms with van der Waals surface area (Å²) in [6.45, 7) is 4.23. The highest BCUT2D eigenvalue weighted by atomic mass is 19.1. The average Bonchev–Trinajstić information content (AvgIpc) is 2.08. The first-order valence-corrected chi connectivity index (χ1v) is 4.78. The van der Waals surface area contributed by atoms with Crippen LogP contribution in [-0.2, 0) is 0 Å². The second-order valence-corrected chi connectivity index (χ2v) is 3.68. The van der Waals surface area contributed by atoms with Gasteiger partial charge in [-0.15, -0.1) is 0 Å². The molecule has 1 aliphatic heterocycles. The van der Waals surface area contributed by atoms with Crippen LogP contribution in [0.2, 0.25) is 0 Å². The van der Waals surface area contributed by atoms with Gasteiger partial charge in [0.25, 0.3) is 0 Å². The summed E-state index contributed by atoms with van der Waals surface area (Å²) in [5, 5.41) is 4.10. The standard InChI is InChI=1S/C11H13FNO/c1-8-4-10(2-3-11(8)12)14-7-9-5-13-6-9/h2-4,9H,5-7H2,1H3. The number of hydrogen-bond donors (Lipinski definition) is 0. The molecular formula is C11H13FNO. The molecule has 0 aliphatic carbocycles. The maximum atomic E-state index is 12.9. The lowest BCUT2D eigenvalue weighted by molar-refractivity contribution is 0.195. The first-order valence-electron chi connectivity index (χ1n) is 4.78. The van der Waals surface area contributed by atoms with E-state index in [0.29, 0.717) is 18.1 Å². The number of benzene rings is 1. The Morgan fingerprint density at radius 3 is 2.86 bits per heavy atom. The van der Waals surface area contributed by atoms with E-state index in [1.165, 1.54) is 6.07 Å². The van der Waals surface area contributed by atoms with E-state index in [1.54, 1.807) is 19.1 Å². The normalized spacial score (nSPS) is 16.4. The molecular weight excluding hydrogens is 181 g/mol. The van der Waals surface area contributed by atoms with Gasteiger partial charge in [0, 0.05) is 19.0 Å². The zero-order valence-electron chi connectivity index (χ0n) is 8.16. The molecule has 0 unspecified atom stereocenters. The molecule has 0 N–H and O–H groups in total. The number of nitrogens with zero attached hydrogens (tertiary/aromatic N) is 1. The van der Waals surface area contributed by atoms with Crippen LogP contribution in [-0.4, -0.2) is 19.7 Å². The molecule has 1 heterocycles. The van der Waals surface area contributed by atoms with Crippen LogP contribution >= 0.6 is 0 Å². The number of aryl methyl sites for hydroxylation is 1. The SMILES string of the molecule is Cc1cc(OCC2C[N]C2)ccc1F. The molecule has 1 aliphatic rings. The van der Waals surface area contributed by atoms with E-state index in [-0.39, 0.29) is 5.82 Å². The third-order valence-corrected chi connectivity index (χ3v) is 2.39. The van der Waals surface area contributed by atoms with Crippen LogP contribution in [0.5, 0.6) is 5.75 Å². The Balaban J connectivity index is 1.91. The van der Waals surface area contributed by atoms with Crippen LogP contribution in [0, 0.1) is 18.7 Å². The molecule has 1 fully saturated rings. The number of rotatable bonds is 3. The molecule has 1 aromatic carbocycles. The molecule has 0 amide bonds. The summed E-state index contributed by atoms with van der Waals surface area (Å²) in [7, 11) is 0. The highest BCUT2D eigenvalue weighted by Crippen LogP contribution is 2.17. The summed E-state index contributed by atoms with van der Waals surface area (Å²) in [6.07, 6.45) is 0. The summed E-state index contributed by atoms with van der Waals surface area (Å²) < 4.78 is 18.4. The predicted octanol–water partition coefficient (Wildman–Crippen LogP) is 1.75. The minimum atomic E-state index is -0.184. The van der Waals surface area contributed by atoms with Crippen LogP contribution in [0.4, 0.5) is 4.39 Å². The molecule has 75 valence electrons. The van der Waals surface area contributed by atoms with Crippen LogP contribution in [0.1, 0.15) is 5.56 Å². The van der Waals surface area contributed by atoms with Crippen molar-refractivity contribution in [3.8, 4) is 5.75 Å². The number of ether oxygens (including phenoxy) is 1. The zero-order valence-corrected chi connectivity index (χ0v) is 8.16. The first-order chi connectivity index (χ1) is 6.75. The third-order valence-electron chi connectivity index (χ3n) is 2.39. The summed E-state index contributed by atoms with van der Waals surface area (Å²) in [5.74, 6) is 1.12. The predicted molar refractivity (Wildman–Crippen MR) is 52.0 cm³/mol. The lowest BCUT2D eigenvalue weighted by atomic mass is 10.1. The number of halogens is 1. The van der Waals surface area contributed by atoms with E-state index in [9.17, 15) is 4.39 Å². The van der Waals surface area contributed by atoms with Crippen LogP contribution in [0.3, 0.4) is 0 Å². The summed E-state index contributed by atoms with van der Waals surface area (Å²) in [4.78, 5) is 0. The first kappa shape index (κ1) is 9.46. The van der Waals surface area contributed by atoms with E-state index in [0.717, 1.165) is 18.8 Å². The largest absolute Gasteiger partial charge is 0.493 e. The van der Waals surface area contributed by atoms with Crippen molar-refractivity contribution in [2.24, 2.45) is 5.92 Å². The highest BCUT2D eigenvalue weighted by molar-refractivity contribution is 5.28. The number of hydrogen-bond acceptors (Lipinski definition) is 1. The van der Waals surface area contributed by atoms with E-state index < -0.39 is 0 Å². The minimum Gasteiger partial charge on any atom is -0.493 e. The van der Waals surface area contributed by atoms with Gasteiger partial charge in [-0.3, -0.25) is 0 Å². The molecule has 0 atom stereocenters. The Labute approximate surface area is 83.1 Å². The fourth-order valence-corrected chi connectivity index (χ4v) is 1.34. The molecule has 0 saturated carbocycles. The van der Waals surface area contributed by atoms with Gasteiger partial charge in [-0.25, -0.2) is 9.71 Å². The van der Waals surface area contributed by atoms with Crippen molar-refractivity contribution in [1.29, 1.82) is 0 Å². The van der Waals surface area contributed by atoms with Crippen molar-refractivity contribution < 1.29 is 9.13 Å². The highest BCUT2D eigenvalue weighted by Gasteiger charge is 2.18. The molecule has 0 aromatic heterocycles. The van der Waals surface area contributed by atoms with Gasteiger partial charge >= 0.3 is 0 Å². The third kappa shape index (κ3) is 2.04. The maximum absolute atomic E-state index is 12.9. The fourth-order valence-electron chi connectivity index (χ4n) is 1.34. The Bertz CT molecular complexity index is 323. The van der Waals surface area contributed by atoms with Gasteiger partial charge in [-0.05, 0) is 30.7 Å². The van der Waals surface area contributed by atoms with Crippen molar-refractivity contribution in [2.45, 2.75) is 6.92 Å². The monoisotopic (exact) mass is 194 g/mol. The second kappa shape index (κ2) is 3.96. The fraction of sp³-hybridized carbons (Fsp3) is 0.455. The van der Waals surface area contributed by atoms with Crippen molar-refractivity contribution in [3.63, 3.8) is 0 Å². The van der Waals surface area contributed by atoms with Crippen molar-refractivity contribution >= 4 is 0 Å². The van der Waals surface area contributed by atoms with Crippen LogP contribution in [0.25, 0.3) is 0 Å². The van der Waals surface area contributed by atoms with Gasteiger partial charge in [0.15, 0.2) is 0 Å². The minimum absolute atomic E-state index is 0.184. The molecule has 3 heteroatoms. The van der Waals surface area contributed by atoms with Crippen molar-refractivity contribution in [1.82, 2.24) is 5.32 Å². The molecule has 0 spiro atoms. The zero-order chi connectivity index (χ0) is 9.97. The average molecular weight is 194 g/mol. The van der Waals surface area contributed by atoms with Crippen molar-refractivity contribution in [2.75, 3.05) is 19.7 Å². The van der Waals surface area contributed by atoms with E-state index in [2.05, 4.69) is 5.32 Å². The second-order valence-electron chi connectivity index (χ2n) is 3.68. The molecule has 0 bridgehead atoms. The lowest BCUT2D eigenvalue weighted by Crippen LogP contribution is -2.39. The molecule has 1 saturated heterocycles. The van der Waals surface area contributed by atoms with E-state index >= 15 is 0 Å². The van der Waals surface area contributed by atoms with E-state index in [4.69, 9.17) is 4.74 Å². The molecule has 2 rings (SSSR count). The quantitative estimate of drug-likeness (QED) is 0.719. The topological polar surface area (TPSA) is 23.3 Å². The Morgan fingerprint density at radius 1 is 1.50 bits per heavy atom. The molecule has 1 radical (unpaired) electrons. The Morgan fingerprint density at radius 2 is 2.29 bits per heavy atom. The van der Waals surface area contributed by atoms with Gasteiger partial charge in [0.2, 0.25) is 0 Å². The smallest absolute Gasteiger partial charge is 0.126 e. The van der Waals surface area contributed by atoms with Gasteiger partial charge < -0.3 is 4.74 Å². The van der Waals surface area contributed by atoms with Crippen molar-refractivity contribution in [3.05, 3.63) is 29.6 Å². The van der Waals surface area contributed by atoms with Gasteiger partial charge in [-0.1, -0.05) is 0 Å². The molecule has 2 nitrogen and oxygen atoms in total. The summed E-state index contributed by atoms with van der Waals surface area (Å²) in [5.41, 5.74) is 0.626. The van der Waals surface area contributed by atoms with Gasteiger partial charge in [0.05, 0.1) is 6.61 Å². The van der Waals surface area contributed by atoms with E-state index in [1.807, 2.05) is 0 Å². The van der Waals surface area contributed by atoms with Crippen LogP contribution in [0.15, 0.2) is 18.2 Å². The molecule has 14 heavy (non-hydrogen) atoms. The lowest BCUT2D eigenvalue weighted by Gasteiger charge is -2.24. The Hall–Kier alpha value is -1.09. The van der Waals surface area contributed by atoms with Gasteiger partial charge in [-0.2, -0.15) is 0 Å². The Kier molecular flexibility index (Phi) is 2.68. The molecule has 1 aromatic rings.